The second-order valence-electron chi connectivity index (χ2n) is 7.24. The predicted molar refractivity (Wildman–Crippen MR) is 116 cm³/mol. The molecule has 0 spiro atoms. The number of oxazole rings is 1. The number of aryl methyl sites for hydroxylation is 1. The molecule has 1 aliphatic heterocycles. The molecule has 2 heterocycles. The molecule has 3 amide bonds. The van der Waals surface area contributed by atoms with Crippen molar-refractivity contribution in [1.82, 2.24) is 10.3 Å². The van der Waals surface area contributed by atoms with Crippen LogP contribution in [0.1, 0.15) is 12.3 Å². The van der Waals surface area contributed by atoms with Gasteiger partial charge in [-0.15, -0.1) is 0 Å². The molecule has 0 saturated heterocycles. The van der Waals surface area contributed by atoms with Crippen LogP contribution in [-0.4, -0.2) is 42.7 Å². The van der Waals surface area contributed by atoms with Gasteiger partial charge in [0.15, 0.2) is 29.8 Å². The lowest BCUT2D eigenvalue weighted by Crippen LogP contribution is -2.37. The van der Waals surface area contributed by atoms with Crippen LogP contribution in [0.5, 0.6) is 11.5 Å². The summed E-state index contributed by atoms with van der Waals surface area (Å²) in [6.07, 6.45) is 0.910. The number of ether oxygens (including phenoxy) is 3. The molecule has 0 unspecified atom stereocenters. The van der Waals surface area contributed by atoms with Gasteiger partial charge >= 0.3 is 12.0 Å². The Kier molecular flexibility index (Phi) is 7.19. The van der Waals surface area contributed by atoms with Crippen molar-refractivity contribution in [3.8, 4) is 22.8 Å². The van der Waals surface area contributed by atoms with Crippen LogP contribution in [0, 0.1) is 11.6 Å². The fraction of sp³-hybridized carbons (Fsp3) is 0.217. The summed E-state index contributed by atoms with van der Waals surface area (Å²) in [5, 5.41) is 4.49. The monoisotopic (exact) mass is 487 g/mol. The molecule has 1 aromatic heterocycles. The molecule has 0 atom stereocenters. The molecule has 0 fully saturated rings. The van der Waals surface area contributed by atoms with E-state index in [1.54, 1.807) is 18.2 Å². The summed E-state index contributed by atoms with van der Waals surface area (Å²) in [7, 11) is 0. The topological polar surface area (TPSA) is 129 Å². The Labute approximate surface area is 197 Å². The van der Waals surface area contributed by atoms with Gasteiger partial charge in [-0.1, -0.05) is 6.07 Å². The number of anilines is 1. The Morgan fingerprint density at radius 2 is 1.77 bits per heavy atom. The first-order valence-electron chi connectivity index (χ1n) is 10.4. The summed E-state index contributed by atoms with van der Waals surface area (Å²) in [6.45, 7) is 0.124. The van der Waals surface area contributed by atoms with Crippen LogP contribution in [0.25, 0.3) is 11.3 Å². The summed E-state index contributed by atoms with van der Waals surface area (Å²) in [5.74, 6) is -2.27. The molecule has 0 saturated carbocycles. The second-order valence-corrected chi connectivity index (χ2v) is 7.24. The minimum absolute atomic E-state index is 0.0267. The molecule has 2 N–H and O–H groups in total. The van der Waals surface area contributed by atoms with E-state index in [1.807, 2.05) is 5.32 Å². The highest BCUT2D eigenvalue weighted by Gasteiger charge is 2.18. The number of aromatic nitrogens is 1. The van der Waals surface area contributed by atoms with Crippen LogP contribution in [-0.2, 0) is 20.7 Å². The Morgan fingerprint density at radius 1 is 1.03 bits per heavy atom. The molecule has 3 aromatic rings. The van der Waals surface area contributed by atoms with Crippen molar-refractivity contribution >= 4 is 23.6 Å². The minimum atomic E-state index is -0.846. The SMILES string of the molecule is O=C(COC(=O)CCc1ncc(-c2c(F)cccc2F)o1)NC(=O)Nc1ccc2c(c1)OCCO2. The molecule has 12 heteroatoms. The van der Waals surface area contributed by atoms with E-state index < -0.39 is 36.1 Å². The highest BCUT2D eigenvalue weighted by molar-refractivity contribution is 6.02. The van der Waals surface area contributed by atoms with Gasteiger partial charge in [0.25, 0.3) is 5.91 Å². The number of nitrogens with one attached hydrogen (secondary N) is 2. The fourth-order valence-electron chi connectivity index (χ4n) is 3.15. The molecule has 1 aliphatic rings. The quantitative estimate of drug-likeness (QED) is 0.486. The molecule has 0 bridgehead atoms. The number of benzene rings is 2. The number of carbonyl (C=O) groups excluding carboxylic acids is 3. The summed E-state index contributed by atoms with van der Waals surface area (Å²) in [5.41, 5.74) is 0.0112. The number of esters is 1. The smallest absolute Gasteiger partial charge is 0.325 e. The van der Waals surface area contributed by atoms with Gasteiger partial charge in [0.2, 0.25) is 0 Å². The van der Waals surface area contributed by atoms with Crippen LogP contribution < -0.4 is 20.1 Å². The molecule has 4 rings (SSSR count). The number of fused-ring (bicyclic) bond motifs is 1. The largest absolute Gasteiger partial charge is 0.486 e. The third-order valence-corrected chi connectivity index (χ3v) is 4.72. The molecule has 182 valence electrons. The van der Waals surface area contributed by atoms with Gasteiger partial charge in [0.1, 0.15) is 24.8 Å². The Balaban J connectivity index is 1.19. The molecule has 0 aliphatic carbocycles. The van der Waals surface area contributed by atoms with Crippen molar-refractivity contribution in [2.24, 2.45) is 0 Å². The second kappa shape index (κ2) is 10.6. The van der Waals surface area contributed by atoms with Crippen molar-refractivity contribution in [3.05, 3.63) is 60.1 Å². The normalized spacial score (nSPS) is 12.1. The zero-order valence-corrected chi connectivity index (χ0v) is 18.1. The van der Waals surface area contributed by atoms with Crippen molar-refractivity contribution in [2.75, 3.05) is 25.1 Å². The van der Waals surface area contributed by atoms with Crippen LogP contribution in [0.4, 0.5) is 19.3 Å². The zero-order chi connectivity index (χ0) is 24.8. The minimum Gasteiger partial charge on any atom is -0.486 e. The summed E-state index contributed by atoms with van der Waals surface area (Å²) in [4.78, 5) is 39.7. The van der Waals surface area contributed by atoms with E-state index in [0.29, 0.717) is 30.4 Å². The standard InChI is InChI=1S/C23H19F2N3O7/c24-14-2-1-3-15(25)22(14)18-11-26-20(35-18)6-7-21(30)34-12-19(29)28-23(31)27-13-4-5-16-17(10-13)33-9-8-32-16/h1-5,10-11H,6-9,12H2,(H2,27,28,29,31). The Hall–Kier alpha value is -4.48. The van der Waals surface area contributed by atoms with E-state index >= 15 is 0 Å². The third-order valence-electron chi connectivity index (χ3n) is 4.72. The van der Waals surface area contributed by atoms with E-state index in [2.05, 4.69) is 10.3 Å². The fourth-order valence-corrected chi connectivity index (χ4v) is 3.15. The molecule has 0 radical (unpaired) electrons. The van der Waals surface area contributed by atoms with E-state index in [9.17, 15) is 23.2 Å². The van der Waals surface area contributed by atoms with E-state index in [1.165, 1.54) is 6.07 Å². The molecule has 35 heavy (non-hydrogen) atoms. The van der Waals surface area contributed by atoms with Gasteiger partial charge in [-0.05, 0) is 24.3 Å². The first-order chi connectivity index (χ1) is 16.9. The van der Waals surface area contributed by atoms with Crippen LogP contribution in [0.2, 0.25) is 0 Å². The average Bonchev–Trinajstić information content (AvgIpc) is 3.29. The lowest BCUT2D eigenvalue weighted by atomic mass is 10.1. The Morgan fingerprint density at radius 3 is 2.54 bits per heavy atom. The lowest BCUT2D eigenvalue weighted by molar-refractivity contribution is -0.148. The number of carbonyl (C=O) groups is 3. The number of urea groups is 1. The van der Waals surface area contributed by atoms with Gasteiger partial charge in [-0.25, -0.2) is 18.6 Å². The van der Waals surface area contributed by atoms with Gasteiger partial charge in [-0.2, -0.15) is 0 Å². The van der Waals surface area contributed by atoms with Gasteiger partial charge in [0, 0.05) is 18.2 Å². The number of hydrogen-bond donors (Lipinski definition) is 2. The van der Waals surface area contributed by atoms with E-state index in [4.69, 9.17) is 18.6 Å². The van der Waals surface area contributed by atoms with Gasteiger partial charge in [0.05, 0.1) is 18.2 Å². The van der Waals surface area contributed by atoms with Crippen molar-refractivity contribution < 1.29 is 41.8 Å². The summed E-state index contributed by atoms with van der Waals surface area (Å²) < 4.78 is 48.6. The number of imide groups is 1. The average molecular weight is 487 g/mol. The summed E-state index contributed by atoms with van der Waals surface area (Å²) >= 11 is 0. The molecule has 10 nitrogen and oxygen atoms in total. The van der Waals surface area contributed by atoms with E-state index in [-0.39, 0.29) is 30.1 Å². The number of halogens is 2. The first kappa shape index (κ1) is 23.7. The highest BCUT2D eigenvalue weighted by Crippen LogP contribution is 2.32. The summed E-state index contributed by atoms with van der Waals surface area (Å²) in [6, 6.07) is 7.31. The lowest BCUT2D eigenvalue weighted by Gasteiger charge is -2.19. The maximum Gasteiger partial charge on any atom is 0.325 e. The predicted octanol–water partition coefficient (Wildman–Crippen LogP) is 3.22. The molecular formula is C23H19F2N3O7. The van der Waals surface area contributed by atoms with Crippen LogP contribution in [0.3, 0.4) is 0 Å². The van der Waals surface area contributed by atoms with Gasteiger partial charge in [-0.3, -0.25) is 14.9 Å². The molecular weight excluding hydrogens is 468 g/mol. The third kappa shape index (κ3) is 6.10. The van der Waals surface area contributed by atoms with Crippen LogP contribution >= 0.6 is 0 Å². The van der Waals surface area contributed by atoms with Crippen molar-refractivity contribution in [3.63, 3.8) is 0 Å². The highest BCUT2D eigenvalue weighted by atomic mass is 19.1. The number of amides is 3. The van der Waals surface area contributed by atoms with Crippen molar-refractivity contribution in [1.29, 1.82) is 0 Å². The zero-order valence-electron chi connectivity index (χ0n) is 18.1. The van der Waals surface area contributed by atoms with Crippen LogP contribution in [0.15, 0.2) is 47.0 Å². The maximum absolute atomic E-state index is 13.8. The maximum atomic E-state index is 13.8. The van der Waals surface area contributed by atoms with E-state index in [0.717, 1.165) is 18.3 Å². The molecule has 2 aromatic carbocycles. The van der Waals surface area contributed by atoms with Crippen molar-refractivity contribution in [2.45, 2.75) is 12.8 Å². The number of rotatable bonds is 7. The number of nitrogens with zero attached hydrogens (tertiary/aromatic N) is 1. The first-order valence-corrected chi connectivity index (χ1v) is 10.4. The number of hydrogen-bond acceptors (Lipinski definition) is 8. The Bertz CT molecular complexity index is 1240. The van der Waals surface area contributed by atoms with Gasteiger partial charge < -0.3 is 23.9 Å².